The summed E-state index contributed by atoms with van der Waals surface area (Å²) in [6, 6.07) is 4.99. The number of aromatic amines is 1. The number of aromatic nitrogens is 3. The molecule has 0 atom stereocenters. The molecule has 0 unspecified atom stereocenters. The summed E-state index contributed by atoms with van der Waals surface area (Å²) in [4.78, 5) is 21.7. The van der Waals surface area contributed by atoms with Crippen LogP contribution in [-0.2, 0) is 6.42 Å². The lowest BCUT2D eigenvalue weighted by molar-refractivity contribution is 0.950. The fourth-order valence-electron chi connectivity index (χ4n) is 1.31. The van der Waals surface area contributed by atoms with Gasteiger partial charge in [0.15, 0.2) is 0 Å². The summed E-state index contributed by atoms with van der Waals surface area (Å²) in [5, 5.41) is 0. The lowest BCUT2D eigenvalue weighted by Gasteiger charge is -2.00. The van der Waals surface area contributed by atoms with Crippen LogP contribution in [0.5, 0.6) is 0 Å². The Kier molecular flexibility index (Phi) is 2.45. The van der Waals surface area contributed by atoms with Crippen LogP contribution < -0.4 is 11.3 Å². The SMILES string of the molecule is Nc1cc(=O)[nH]c(Cc2ccncc2)n1. The summed E-state index contributed by atoms with van der Waals surface area (Å²) >= 11 is 0. The van der Waals surface area contributed by atoms with Crippen LogP contribution in [0.3, 0.4) is 0 Å². The van der Waals surface area contributed by atoms with Gasteiger partial charge < -0.3 is 10.7 Å². The largest absolute Gasteiger partial charge is 0.383 e. The Hall–Kier alpha value is -2.17. The predicted octanol–water partition coefficient (Wildman–Crippen LogP) is 0.338. The smallest absolute Gasteiger partial charge is 0.252 e. The van der Waals surface area contributed by atoms with E-state index in [1.807, 2.05) is 12.1 Å². The molecule has 0 saturated heterocycles. The second kappa shape index (κ2) is 3.91. The number of pyridine rings is 1. The Balaban J connectivity index is 2.29. The van der Waals surface area contributed by atoms with Crippen molar-refractivity contribution >= 4 is 5.82 Å². The standard InChI is InChI=1S/C10H10N4O/c11-8-6-10(15)14-9(13-8)5-7-1-3-12-4-2-7/h1-4,6H,5H2,(H3,11,13,14,15). The minimum Gasteiger partial charge on any atom is -0.383 e. The fraction of sp³-hybridized carbons (Fsp3) is 0.100. The van der Waals surface area contributed by atoms with Crippen LogP contribution in [-0.4, -0.2) is 15.0 Å². The van der Waals surface area contributed by atoms with Gasteiger partial charge >= 0.3 is 0 Å². The topological polar surface area (TPSA) is 84.7 Å². The maximum atomic E-state index is 11.1. The molecule has 2 rings (SSSR count). The molecule has 2 aromatic rings. The van der Waals surface area contributed by atoms with Gasteiger partial charge in [0, 0.05) is 24.9 Å². The van der Waals surface area contributed by atoms with Crippen LogP contribution in [0.2, 0.25) is 0 Å². The maximum Gasteiger partial charge on any atom is 0.252 e. The Labute approximate surface area is 86.0 Å². The van der Waals surface area contributed by atoms with Crippen molar-refractivity contribution in [1.82, 2.24) is 15.0 Å². The maximum absolute atomic E-state index is 11.1. The number of hydrogen-bond acceptors (Lipinski definition) is 4. The zero-order chi connectivity index (χ0) is 10.7. The van der Waals surface area contributed by atoms with E-state index in [1.54, 1.807) is 12.4 Å². The van der Waals surface area contributed by atoms with Crippen molar-refractivity contribution in [2.75, 3.05) is 5.73 Å². The Morgan fingerprint density at radius 2 is 2.07 bits per heavy atom. The molecule has 15 heavy (non-hydrogen) atoms. The quantitative estimate of drug-likeness (QED) is 0.735. The summed E-state index contributed by atoms with van der Waals surface area (Å²) in [6.07, 6.45) is 3.93. The summed E-state index contributed by atoms with van der Waals surface area (Å²) in [5.41, 5.74) is 6.27. The van der Waals surface area contributed by atoms with Crippen LogP contribution in [0.15, 0.2) is 35.4 Å². The molecule has 0 radical (unpaired) electrons. The van der Waals surface area contributed by atoms with Crippen molar-refractivity contribution in [2.24, 2.45) is 0 Å². The van der Waals surface area contributed by atoms with Crippen LogP contribution in [0, 0.1) is 0 Å². The van der Waals surface area contributed by atoms with Gasteiger partial charge in [-0.15, -0.1) is 0 Å². The van der Waals surface area contributed by atoms with Crippen LogP contribution in [0.4, 0.5) is 5.82 Å². The molecule has 0 fully saturated rings. The van der Waals surface area contributed by atoms with Gasteiger partial charge in [0.1, 0.15) is 11.6 Å². The second-order valence-corrected chi connectivity index (χ2v) is 3.15. The van der Waals surface area contributed by atoms with E-state index in [9.17, 15) is 4.79 Å². The van der Waals surface area contributed by atoms with E-state index in [0.717, 1.165) is 5.56 Å². The molecule has 2 aromatic heterocycles. The molecule has 0 aliphatic rings. The van der Waals surface area contributed by atoms with E-state index in [0.29, 0.717) is 12.2 Å². The Bertz CT molecular complexity index is 506. The van der Waals surface area contributed by atoms with Crippen molar-refractivity contribution in [3.05, 3.63) is 52.3 Å². The second-order valence-electron chi connectivity index (χ2n) is 3.15. The van der Waals surface area contributed by atoms with E-state index >= 15 is 0 Å². The monoisotopic (exact) mass is 202 g/mol. The summed E-state index contributed by atoms with van der Waals surface area (Å²) in [5.74, 6) is 0.800. The molecule has 0 saturated carbocycles. The molecule has 5 nitrogen and oxygen atoms in total. The highest BCUT2D eigenvalue weighted by molar-refractivity contribution is 5.26. The number of nitrogen functional groups attached to an aromatic ring is 1. The summed E-state index contributed by atoms with van der Waals surface area (Å²) < 4.78 is 0. The van der Waals surface area contributed by atoms with Gasteiger partial charge in [-0.05, 0) is 17.7 Å². The first kappa shape index (κ1) is 9.39. The van der Waals surface area contributed by atoms with Crippen molar-refractivity contribution in [3.8, 4) is 0 Å². The minimum atomic E-state index is -0.230. The highest BCUT2D eigenvalue weighted by atomic mass is 16.1. The van der Waals surface area contributed by atoms with Gasteiger partial charge in [-0.3, -0.25) is 9.78 Å². The first-order valence-electron chi connectivity index (χ1n) is 4.48. The third-order valence-electron chi connectivity index (χ3n) is 1.93. The van der Waals surface area contributed by atoms with Gasteiger partial charge in [0.2, 0.25) is 0 Å². The third kappa shape index (κ3) is 2.40. The number of nitrogens with zero attached hydrogens (tertiary/aromatic N) is 2. The van der Waals surface area contributed by atoms with Crippen LogP contribution in [0.25, 0.3) is 0 Å². The molecule has 0 amide bonds. The lowest BCUT2D eigenvalue weighted by Crippen LogP contribution is -2.12. The lowest BCUT2D eigenvalue weighted by atomic mass is 10.2. The average Bonchev–Trinajstić information content (AvgIpc) is 2.17. The van der Waals surface area contributed by atoms with E-state index in [1.165, 1.54) is 6.07 Å². The first-order valence-corrected chi connectivity index (χ1v) is 4.48. The average molecular weight is 202 g/mol. The van der Waals surface area contributed by atoms with Crippen molar-refractivity contribution in [2.45, 2.75) is 6.42 Å². The van der Waals surface area contributed by atoms with Crippen molar-refractivity contribution in [3.63, 3.8) is 0 Å². The highest BCUT2D eigenvalue weighted by Gasteiger charge is 1.99. The van der Waals surface area contributed by atoms with E-state index in [2.05, 4.69) is 15.0 Å². The fourth-order valence-corrected chi connectivity index (χ4v) is 1.31. The molecule has 5 heteroatoms. The van der Waals surface area contributed by atoms with Gasteiger partial charge in [-0.2, -0.15) is 0 Å². The number of nitrogens with one attached hydrogen (secondary N) is 1. The van der Waals surface area contributed by atoms with E-state index < -0.39 is 0 Å². The van der Waals surface area contributed by atoms with E-state index in [4.69, 9.17) is 5.73 Å². The van der Waals surface area contributed by atoms with E-state index in [-0.39, 0.29) is 11.4 Å². The summed E-state index contributed by atoms with van der Waals surface area (Å²) in [6.45, 7) is 0. The highest BCUT2D eigenvalue weighted by Crippen LogP contribution is 2.03. The first-order chi connectivity index (χ1) is 7.24. The molecular weight excluding hydrogens is 192 g/mol. The van der Waals surface area contributed by atoms with Crippen LogP contribution >= 0.6 is 0 Å². The molecule has 0 aliphatic carbocycles. The number of H-pyrrole nitrogens is 1. The predicted molar refractivity (Wildman–Crippen MR) is 56.3 cm³/mol. The molecule has 2 heterocycles. The molecule has 76 valence electrons. The third-order valence-corrected chi connectivity index (χ3v) is 1.93. The van der Waals surface area contributed by atoms with Crippen molar-refractivity contribution in [1.29, 1.82) is 0 Å². The number of rotatable bonds is 2. The minimum absolute atomic E-state index is 0.230. The van der Waals surface area contributed by atoms with Crippen molar-refractivity contribution < 1.29 is 0 Å². The number of anilines is 1. The normalized spacial score (nSPS) is 10.1. The molecular formula is C10H10N4O. The van der Waals surface area contributed by atoms with Crippen LogP contribution in [0.1, 0.15) is 11.4 Å². The Morgan fingerprint density at radius 3 is 2.73 bits per heavy atom. The summed E-state index contributed by atoms with van der Waals surface area (Å²) in [7, 11) is 0. The molecule has 0 aromatic carbocycles. The number of nitrogens with two attached hydrogens (primary N) is 1. The van der Waals surface area contributed by atoms with Gasteiger partial charge in [-0.25, -0.2) is 4.98 Å². The molecule has 0 bridgehead atoms. The molecule has 3 N–H and O–H groups in total. The zero-order valence-corrected chi connectivity index (χ0v) is 7.97. The van der Waals surface area contributed by atoms with Gasteiger partial charge in [0.05, 0.1) is 0 Å². The Morgan fingerprint density at radius 1 is 1.33 bits per heavy atom. The zero-order valence-electron chi connectivity index (χ0n) is 7.97. The molecule has 0 aliphatic heterocycles. The molecule has 0 spiro atoms. The number of hydrogen-bond donors (Lipinski definition) is 2. The van der Waals surface area contributed by atoms with Gasteiger partial charge in [-0.1, -0.05) is 0 Å². The van der Waals surface area contributed by atoms with Gasteiger partial charge in [0.25, 0.3) is 5.56 Å².